The van der Waals surface area contributed by atoms with Crippen molar-refractivity contribution in [1.29, 1.82) is 0 Å². The van der Waals surface area contributed by atoms with Gasteiger partial charge in [0.1, 0.15) is 17.3 Å². The molecule has 0 N–H and O–H groups in total. The van der Waals surface area contributed by atoms with Crippen molar-refractivity contribution in [2.24, 2.45) is 0 Å². The molecule has 1 aliphatic rings. The van der Waals surface area contributed by atoms with E-state index in [9.17, 15) is 18.4 Å². The number of carbonyl (C=O) groups excluding carboxylic acids is 2. The molecule has 0 radical (unpaired) electrons. The maximum atomic E-state index is 13.3. The van der Waals surface area contributed by atoms with Crippen LogP contribution in [0.5, 0.6) is 5.88 Å². The van der Waals surface area contributed by atoms with Gasteiger partial charge in [-0.1, -0.05) is 0 Å². The van der Waals surface area contributed by atoms with E-state index in [0.29, 0.717) is 0 Å². The van der Waals surface area contributed by atoms with Crippen molar-refractivity contribution in [1.82, 2.24) is 4.98 Å². The first-order valence-electron chi connectivity index (χ1n) is 6.94. The van der Waals surface area contributed by atoms with Crippen molar-refractivity contribution >= 4 is 17.6 Å². The molecule has 2 aromatic rings. The summed E-state index contributed by atoms with van der Waals surface area (Å²) >= 11 is 0. The second kappa shape index (κ2) is 6.23. The zero-order chi connectivity index (χ0) is 17.3. The maximum Gasteiger partial charge on any atom is 0.339 e. The van der Waals surface area contributed by atoms with Gasteiger partial charge in [-0.25, -0.2) is 18.6 Å². The minimum Gasteiger partial charge on any atom is -0.466 e. The first-order valence-corrected chi connectivity index (χ1v) is 6.94. The minimum absolute atomic E-state index is 0.0871. The van der Waals surface area contributed by atoms with E-state index in [1.54, 1.807) is 0 Å². The van der Waals surface area contributed by atoms with Crippen LogP contribution in [0.4, 0.5) is 14.5 Å². The topological polar surface area (TPSA) is 68.7 Å². The summed E-state index contributed by atoms with van der Waals surface area (Å²) in [6.45, 7) is -0.342. The van der Waals surface area contributed by atoms with Crippen LogP contribution >= 0.6 is 0 Å². The van der Waals surface area contributed by atoms with E-state index < -0.39 is 23.5 Å². The van der Waals surface area contributed by atoms with Crippen molar-refractivity contribution in [3.8, 4) is 5.88 Å². The van der Waals surface area contributed by atoms with Crippen LogP contribution in [0, 0.1) is 11.6 Å². The number of hydrogen-bond donors (Lipinski definition) is 0. The number of rotatable bonds is 3. The molecular weight excluding hydrogens is 322 g/mol. The fourth-order valence-corrected chi connectivity index (χ4v) is 2.38. The monoisotopic (exact) mass is 334 g/mol. The van der Waals surface area contributed by atoms with Crippen LogP contribution in [0.3, 0.4) is 0 Å². The SMILES string of the molecule is COC(=O)c1cnc2c(c1)N(Cc1cc(F)cc(F)c1)C(=O)CO2. The van der Waals surface area contributed by atoms with Crippen LogP contribution in [-0.2, 0) is 16.1 Å². The lowest BCUT2D eigenvalue weighted by Gasteiger charge is -2.28. The standard InChI is InChI=1S/C16H12F2N2O4/c1-23-16(22)10-4-13-15(19-6-10)24-8-14(21)20(13)7-9-2-11(17)5-12(18)3-9/h2-6H,7-8H2,1H3. The summed E-state index contributed by atoms with van der Waals surface area (Å²) in [6.07, 6.45) is 1.26. The molecule has 1 aromatic carbocycles. The smallest absolute Gasteiger partial charge is 0.339 e. The zero-order valence-corrected chi connectivity index (χ0v) is 12.6. The van der Waals surface area contributed by atoms with Crippen molar-refractivity contribution in [3.63, 3.8) is 0 Å². The van der Waals surface area contributed by atoms with Crippen LogP contribution in [0.15, 0.2) is 30.5 Å². The average Bonchev–Trinajstić information content (AvgIpc) is 2.55. The minimum atomic E-state index is -0.743. The number of hydrogen-bond acceptors (Lipinski definition) is 5. The highest BCUT2D eigenvalue weighted by molar-refractivity contribution is 5.99. The number of halogens is 2. The number of esters is 1. The van der Waals surface area contributed by atoms with Crippen LogP contribution in [0.1, 0.15) is 15.9 Å². The van der Waals surface area contributed by atoms with E-state index in [-0.39, 0.29) is 35.8 Å². The number of benzene rings is 1. The Morgan fingerprint density at radius 1 is 1.29 bits per heavy atom. The van der Waals surface area contributed by atoms with Gasteiger partial charge < -0.3 is 14.4 Å². The number of pyridine rings is 1. The largest absolute Gasteiger partial charge is 0.466 e. The highest BCUT2D eigenvalue weighted by Gasteiger charge is 2.28. The van der Waals surface area contributed by atoms with E-state index in [1.165, 1.54) is 24.3 Å². The Bertz CT molecular complexity index is 805. The summed E-state index contributed by atoms with van der Waals surface area (Å²) in [5.41, 5.74) is 0.626. The first kappa shape index (κ1) is 15.9. The van der Waals surface area contributed by atoms with Gasteiger partial charge in [0.2, 0.25) is 5.88 Å². The maximum absolute atomic E-state index is 13.3. The molecule has 24 heavy (non-hydrogen) atoms. The van der Waals surface area contributed by atoms with Gasteiger partial charge in [0.15, 0.2) is 6.61 Å². The van der Waals surface area contributed by atoms with Crippen molar-refractivity contribution in [3.05, 3.63) is 53.2 Å². The molecule has 0 saturated carbocycles. The molecule has 6 nitrogen and oxygen atoms in total. The summed E-state index contributed by atoms with van der Waals surface area (Å²) in [6, 6.07) is 4.39. The van der Waals surface area contributed by atoms with E-state index >= 15 is 0 Å². The highest BCUT2D eigenvalue weighted by Crippen LogP contribution is 2.32. The number of aromatic nitrogens is 1. The molecule has 8 heteroatoms. The molecule has 0 bridgehead atoms. The lowest BCUT2D eigenvalue weighted by Crippen LogP contribution is -2.38. The summed E-state index contributed by atoms with van der Waals surface area (Å²) in [5.74, 6) is -2.38. The van der Waals surface area contributed by atoms with Crippen molar-refractivity contribution in [2.75, 3.05) is 18.6 Å². The number of nitrogens with zero attached hydrogens (tertiary/aromatic N) is 2. The summed E-state index contributed by atoms with van der Waals surface area (Å²) < 4.78 is 36.5. The van der Waals surface area contributed by atoms with Gasteiger partial charge in [-0.05, 0) is 23.8 Å². The summed E-state index contributed by atoms with van der Waals surface area (Å²) in [7, 11) is 1.22. The molecule has 0 aliphatic carbocycles. The third kappa shape index (κ3) is 3.03. The lowest BCUT2D eigenvalue weighted by atomic mass is 10.1. The number of methoxy groups -OCH3 is 1. The predicted molar refractivity (Wildman–Crippen MR) is 78.6 cm³/mol. The number of anilines is 1. The molecule has 2 heterocycles. The number of amides is 1. The second-order valence-electron chi connectivity index (χ2n) is 5.09. The quantitative estimate of drug-likeness (QED) is 0.804. The van der Waals surface area contributed by atoms with Gasteiger partial charge in [0, 0.05) is 12.3 Å². The first-order chi connectivity index (χ1) is 11.5. The molecule has 0 fully saturated rings. The normalized spacial score (nSPS) is 13.3. The van der Waals surface area contributed by atoms with Gasteiger partial charge in [0.25, 0.3) is 5.91 Å². The third-order valence-corrected chi connectivity index (χ3v) is 3.44. The lowest BCUT2D eigenvalue weighted by molar-refractivity contribution is -0.121. The van der Waals surface area contributed by atoms with Crippen molar-refractivity contribution < 1.29 is 27.8 Å². The average molecular weight is 334 g/mol. The molecule has 1 amide bonds. The molecule has 124 valence electrons. The number of ether oxygens (including phenoxy) is 2. The Balaban J connectivity index is 1.99. The van der Waals surface area contributed by atoms with E-state index in [2.05, 4.69) is 9.72 Å². The summed E-state index contributed by atoms with van der Waals surface area (Å²) in [5, 5.41) is 0. The Hall–Kier alpha value is -3.03. The van der Waals surface area contributed by atoms with E-state index in [4.69, 9.17) is 4.74 Å². The molecule has 1 aromatic heterocycles. The number of carbonyl (C=O) groups is 2. The van der Waals surface area contributed by atoms with Gasteiger partial charge in [-0.2, -0.15) is 0 Å². The fourth-order valence-electron chi connectivity index (χ4n) is 2.38. The van der Waals surface area contributed by atoms with Gasteiger partial charge in [-0.15, -0.1) is 0 Å². The van der Waals surface area contributed by atoms with Crippen molar-refractivity contribution in [2.45, 2.75) is 6.54 Å². The van der Waals surface area contributed by atoms with Crippen LogP contribution in [-0.4, -0.2) is 30.6 Å². The fraction of sp³-hybridized carbons (Fsp3) is 0.188. The molecule has 0 unspecified atom stereocenters. The van der Waals surface area contributed by atoms with Crippen LogP contribution in [0.25, 0.3) is 0 Å². The van der Waals surface area contributed by atoms with E-state index in [1.807, 2.05) is 0 Å². The molecule has 3 rings (SSSR count). The highest BCUT2D eigenvalue weighted by atomic mass is 19.1. The molecule has 0 spiro atoms. The molecule has 0 atom stereocenters. The van der Waals surface area contributed by atoms with E-state index in [0.717, 1.165) is 18.2 Å². The second-order valence-corrected chi connectivity index (χ2v) is 5.09. The third-order valence-electron chi connectivity index (χ3n) is 3.44. The molecular formula is C16H12F2N2O4. The zero-order valence-electron chi connectivity index (χ0n) is 12.6. The predicted octanol–water partition coefficient (Wildman–Crippen LogP) is 2.07. The molecule has 0 saturated heterocycles. The Morgan fingerprint density at radius 2 is 2.00 bits per heavy atom. The number of fused-ring (bicyclic) bond motifs is 1. The van der Waals surface area contributed by atoms with Gasteiger partial charge in [-0.3, -0.25) is 4.79 Å². The Morgan fingerprint density at radius 3 is 2.67 bits per heavy atom. The Kier molecular flexibility index (Phi) is 4.11. The summed E-state index contributed by atoms with van der Waals surface area (Å²) in [4.78, 5) is 29.0. The molecule has 1 aliphatic heterocycles. The Labute approximate surface area is 135 Å². The van der Waals surface area contributed by atoms with Crippen LogP contribution in [0.2, 0.25) is 0 Å². The van der Waals surface area contributed by atoms with Gasteiger partial charge >= 0.3 is 5.97 Å². The van der Waals surface area contributed by atoms with Crippen LogP contribution < -0.4 is 9.64 Å². The van der Waals surface area contributed by atoms with Gasteiger partial charge in [0.05, 0.1) is 19.2 Å².